The fraction of sp³-hybridized carbons (Fsp3) is 0.476. The normalized spacial score (nSPS) is 19.6. The maximum atomic E-state index is 12.9. The molecule has 2 aliphatic heterocycles. The highest BCUT2D eigenvalue weighted by Gasteiger charge is 2.28. The van der Waals surface area contributed by atoms with Gasteiger partial charge in [0.1, 0.15) is 0 Å². The van der Waals surface area contributed by atoms with Crippen molar-refractivity contribution in [1.29, 1.82) is 0 Å². The van der Waals surface area contributed by atoms with Crippen molar-refractivity contribution in [3.05, 3.63) is 39.9 Å². The molecule has 28 heavy (non-hydrogen) atoms. The lowest BCUT2D eigenvalue weighted by Gasteiger charge is -2.39. The van der Waals surface area contributed by atoms with E-state index in [1.807, 2.05) is 26.0 Å². The molecule has 0 bridgehead atoms. The number of carbonyl (C=O) groups is 2. The molecular formula is C21H26ClN3O3. The van der Waals surface area contributed by atoms with Crippen LogP contribution in [0.25, 0.3) is 0 Å². The summed E-state index contributed by atoms with van der Waals surface area (Å²) < 4.78 is 5.32. The van der Waals surface area contributed by atoms with Crippen LogP contribution in [0, 0.1) is 12.8 Å². The fourth-order valence-electron chi connectivity index (χ4n) is 3.67. The average Bonchev–Trinajstić information content (AvgIpc) is 2.58. The Labute approximate surface area is 170 Å². The standard InChI is InChI=1S/C21H26ClN3O3/c1-5-25(16-10-28-11-16)19-8-15(22)7-17(14(19)4)20(26)23-9-18-12(2)6-13(3)24-21(18)27/h6-8,16,18H,5,9-11H2,1-4H3,(H,23,26). The van der Waals surface area contributed by atoms with Gasteiger partial charge in [0, 0.05) is 35.1 Å². The second-order valence-electron chi connectivity index (χ2n) is 7.32. The van der Waals surface area contributed by atoms with Gasteiger partial charge in [0.05, 0.1) is 25.2 Å². The van der Waals surface area contributed by atoms with Crippen LogP contribution in [-0.4, -0.2) is 49.9 Å². The molecule has 150 valence electrons. The van der Waals surface area contributed by atoms with Crippen molar-refractivity contribution in [2.45, 2.75) is 33.7 Å². The van der Waals surface area contributed by atoms with E-state index in [0.717, 1.165) is 23.4 Å². The first-order valence-corrected chi connectivity index (χ1v) is 9.89. The molecule has 1 fully saturated rings. The highest BCUT2D eigenvalue weighted by molar-refractivity contribution is 6.31. The molecule has 1 atom stereocenters. The van der Waals surface area contributed by atoms with Crippen LogP contribution in [0.15, 0.2) is 28.8 Å². The van der Waals surface area contributed by atoms with Crippen molar-refractivity contribution in [2.24, 2.45) is 10.9 Å². The lowest BCUT2D eigenvalue weighted by molar-refractivity contribution is -0.120. The number of hydrogen-bond acceptors (Lipinski definition) is 4. The number of halogens is 1. The van der Waals surface area contributed by atoms with Gasteiger partial charge >= 0.3 is 0 Å². The first-order valence-electron chi connectivity index (χ1n) is 9.51. The number of benzene rings is 1. The smallest absolute Gasteiger partial charge is 0.254 e. The molecule has 2 amide bonds. The average molecular weight is 404 g/mol. The number of nitrogens with zero attached hydrogens (tertiary/aromatic N) is 2. The lowest BCUT2D eigenvalue weighted by Crippen LogP contribution is -2.49. The molecule has 0 aliphatic carbocycles. The van der Waals surface area contributed by atoms with E-state index in [1.165, 1.54) is 0 Å². The number of hydrogen-bond donors (Lipinski definition) is 1. The predicted octanol–water partition coefficient (Wildman–Crippen LogP) is 3.17. The van der Waals surface area contributed by atoms with Crippen LogP contribution >= 0.6 is 11.6 Å². The van der Waals surface area contributed by atoms with Gasteiger partial charge in [0.25, 0.3) is 11.8 Å². The van der Waals surface area contributed by atoms with Crippen LogP contribution in [0.2, 0.25) is 5.02 Å². The zero-order valence-electron chi connectivity index (χ0n) is 16.7. The van der Waals surface area contributed by atoms with Gasteiger partial charge in [-0.3, -0.25) is 9.59 Å². The third kappa shape index (κ3) is 4.13. The number of anilines is 1. The first kappa shape index (κ1) is 20.6. The van der Waals surface area contributed by atoms with Gasteiger partial charge in [0.15, 0.2) is 0 Å². The molecule has 3 rings (SSSR count). The Bertz CT molecular complexity index is 859. The van der Waals surface area contributed by atoms with E-state index in [0.29, 0.717) is 35.6 Å². The Morgan fingerprint density at radius 2 is 2.04 bits per heavy atom. The minimum Gasteiger partial charge on any atom is -0.377 e. The van der Waals surface area contributed by atoms with E-state index in [-0.39, 0.29) is 18.4 Å². The minimum absolute atomic E-state index is 0.214. The molecule has 2 aliphatic rings. The molecule has 1 aromatic rings. The van der Waals surface area contributed by atoms with E-state index in [2.05, 4.69) is 22.1 Å². The van der Waals surface area contributed by atoms with Crippen molar-refractivity contribution in [2.75, 3.05) is 31.2 Å². The Morgan fingerprint density at radius 3 is 2.61 bits per heavy atom. The Balaban J connectivity index is 1.78. The summed E-state index contributed by atoms with van der Waals surface area (Å²) in [7, 11) is 0. The number of likely N-dealkylation sites (N-methyl/N-ethyl adjacent to an activating group) is 1. The third-order valence-corrected chi connectivity index (χ3v) is 5.56. The van der Waals surface area contributed by atoms with Gasteiger partial charge in [-0.1, -0.05) is 17.2 Å². The number of amides is 2. The molecule has 7 heteroatoms. The number of dihydropyridines is 1. The summed E-state index contributed by atoms with van der Waals surface area (Å²) >= 11 is 6.33. The Morgan fingerprint density at radius 1 is 1.32 bits per heavy atom. The Kier molecular flexibility index (Phi) is 6.20. The van der Waals surface area contributed by atoms with Crippen LogP contribution in [-0.2, 0) is 9.53 Å². The van der Waals surface area contributed by atoms with Crippen LogP contribution in [0.1, 0.15) is 36.7 Å². The lowest BCUT2D eigenvalue weighted by atomic mass is 9.95. The molecule has 0 aromatic heterocycles. The summed E-state index contributed by atoms with van der Waals surface area (Å²) in [6, 6.07) is 3.87. The molecule has 1 unspecified atom stereocenters. The van der Waals surface area contributed by atoms with Crippen molar-refractivity contribution in [3.8, 4) is 0 Å². The topological polar surface area (TPSA) is 71.0 Å². The molecule has 0 spiro atoms. The zero-order chi connectivity index (χ0) is 20.4. The van der Waals surface area contributed by atoms with Crippen molar-refractivity contribution < 1.29 is 14.3 Å². The second kappa shape index (κ2) is 8.45. The van der Waals surface area contributed by atoms with Crippen molar-refractivity contribution in [3.63, 3.8) is 0 Å². The Hall–Kier alpha value is -2.18. The number of allylic oxidation sites excluding steroid dienone is 1. The van der Waals surface area contributed by atoms with E-state index < -0.39 is 5.92 Å². The number of rotatable bonds is 6. The van der Waals surface area contributed by atoms with Gasteiger partial charge in [-0.2, -0.15) is 0 Å². The number of ether oxygens (including phenoxy) is 1. The van der Waals surface area contributed by atoms with Gasteiger partial charge < -0.3 is 15.0 Å². The van der Waals surface area contributed by atoms with E-state index >= 15 is 0 Å². The van der Waals surface area contributed by atoms with E-state index in [4.69, 9.17) is 16.3 Å². The largest absolute Gasteiger partial charge is 0.377 e. The molecule has 6 nitrogen and oxygen atoms in total. The van der Waals surface area contributed by atoms with Gasteiger partial charge in [-0.05, 0) is 51.5 Å². The predicted molar refractivity (Wildman–Crippen MR) is 112 cm³/mol. The summed E-state index contributed by atoms with van der Waals surface area (Å²) in [5.74, 6) is -0.886. The van der Waals surface area contributed by atoms with Crippen LogP contribution in [0.4, 0.5) is 5.69 Å². The van der Waals surface area contributed by atoms with Crippen molar-refractivity contribution >= 4 is 34.8 Å². The van der Waals surface area contributed by atoms with E-state index in [1.54, 1.807) is 13.0 Å². The summed E-state index contributed by atoms with van der Waals surface area (Å²) in [5.41, 5.74) is 3.93. The summed E-state index contributed by atoms with van der Waals surface area (Å²) in [6.45, 7) is 10.0. The number of nitrogens with one attached hydrogen (secondary N) is 1. The summed E-state index contributed by atoms with van der Waals surface area (Å²) in [4.78, 5) is 31.2. The quantitative estimate of drug-likeness (QED) is 0.791. The summed E-state index contributed by atoms with van der Waals surface area (Å²) in [6.07, 6.45) is 1.88. The summed E-state index contributed by atoms with van der Waals surface area (Å²) in [5, 5.41) is 3.39. The second-order valence-corrected chi connectivity index (χ2v) is 7.75. The molecule has 0 radical (unpaired) electrons. The highest BCUT2D eigenvalue weighted by Crippen LogP contribution is 2.31. The van der Waals surface area contributed by atoms with Gasteiger partial charge in [0.2, 0.25) is 0 Å². The number of carbonyl (C=O) groups excluding carboxylic acids is 2. The van der Waals surface area contributed by atoms with Crippen LogP contribution in [0.3, 0.4) is 0 Å². The third-order valence-electron chi connectivity index (χ3n) is 5.34. The molecule has 1 saturated heterocycles. The SMILES string of the molecule is CCN(c1cc(Cl)cc(C(=O)NCC2C(=O)N=C(C)C=C2C)c1C)C1COC1. The molecule has 1 aromatic carbocycles. The van der Waals surface area contributed by atoms with E-state index in [9.17, 15) is 9.59 Å². The molecule has 1 N–H and O–H groups in total. The van der Waals surface area contributed by atoms with Crippen molar-refractivity contribution in [1.82, 2.24) is 5.32 Å². The van der Waals surface area contributed by atoms with Crippen LogP contribution < -0.4 is 10.2 Å². The fourth-order valence-corrected chi connectivity index (χ4v) is 3.89. The van der Waals surface area contributed by atoms with Gasteiger partial charge in [-0.15, -0.1) is 0 Å². The first-order chi connectivity index (χ1) is 13.3. The maximum Gasteiger partial charge on any atom is 0.254 e. The monoisotopic (exact) mass is 403 g/mol. The molecule has 0 saturated carbocycles. The van der Waals surface area contributed by atoms with Gasteiger partial charge in [-0.25, -0.2) is 4.99 Å². The molecular weight excluding hydrogens is 378 g/mol. The zero-order valence-corrected chi connectivity index (χ0v) is 17.5. The minimum atomic E-state index is -0.425. The highest BCUT2D eigenvalue weighted by atomic mass is 35.5. The maximum absolute atomic E-state index is 12.9. The van der Waals surface area contributed by atoms with Crippen LogP contribution in [0.5, 0.6) is 0 Å². The molecule has 2 heterocycles. The number of aliphatic imine (C=N–C) groups is 1.